The maximum Gasteiger partial charge on any atom is 0.239 e. The molecule has 3 rings (SSSR count). The molecule has 1 heterocycles. The third-order valence-electron chi connectivity index (χ3n) is 4.52. The van der Waals surface area contributed by atoms with E-state index in [0.29, 0.717) is 5.91 Å². The molecule has 0 aromatic carbocycles. The number of hydrogen-bond acceptors (Lipinski definition) is 2. The van der Waals surface area contributed by atoms with Crippen LogP contribution < -0.4 is 5.32 Å². The van der Waals surface area contributed by atoms with Crippen molar-refractivity contribution in [2.45, 2.75) is 57.4 Å². The molecule has 2 saturated carbocycles. The summed E-state index contributed by atoms with van der Waals surface area (Å²) < 4.78 is 0. The second-order valence-electron chi connectivity index (χ2n) is 6.49. The first-order chi connectivity index (χ1) is 8.83. The topological polar surface area (TPSA) is 32.3 Å². The van der Waals surface area contributed by atoms with Crippen molar-refractivity contribution in [2.24, 2.45) is 11.8 Å². The minimum atomic E-state index is 0.116. The summed E-state index contributed by atoms with van der Waals surface area (Å²) >= 11 is 0. The van der Waals surface area contributed by atoms with Crippen LogP contribution in [0.4, 0.5) is 0 Å². The van der Waals surface area contributed by atoms with Crippen molar-refractivity contribution in [3.63, 3.8) is 0 Å². The van der Waals surface area contributed by atoms with E-state index in [1.807, 2.05) is 0 Å². The molecule has 0 radical (unpaired) electrons. The van der Waals surface area contributed by atoms with Gasteiger partial charge in [0.1, 0.15) is 0 Å². The van der Waals surface area contributed by atoms with E-state index in [1.165, 1.54) is 44.9 Å². The summed E-state index contributed by atoms with van der Waals surface area (Å²) in [5, 5.41) is 3.46. The summed E-state index contributed by atoms with van der Waals surface area (Å²) in [4.78, 5) is 14.8. The van der Waals surface area contributed by atoms with E-state index in [1.54, 1.807) is 0 Å². The Kier molecular flexibility index (Phi) is 3.88. The summed E-state index contributed by atoms with van der Waals surface area (Å²) in [5.41, 5.74) is 0. The summed E-state index contributed by atoms with van der Waals surface area (Å²) in [6, 6.07) is 0.116. The fourth-order valence-corrected chi connectivity index (χ4v) is 2.94. The molecule has 2 aliphatic carbocycles. The fraction of sp³-hybridized carbons (Fsp3) is 0.933. The lowest BCUT2D eigenvalue weighted by molar-refractivity contribution is -0.134. The Hall–Kier alpha value is -0.570. The summed E-state index contributed by atoms with van der Waals surface area (Å²) in [5.74, 6) is 2.03. The first-order valence-corrected chi connectivity index (χ1v) is 7.85. The fourth-order valence-electron chi connectivity index (χ4n) is 2.94. The first-order valence-electron chi connectivity index (χ1n) is 7.85. The molecule has 1 amide bonds. The van der Waals surface area contributed by atoms with Crippen molar-refractivity contribution in [1.82, 2.24) is 10.2 Å². The second-order valence-corrected chi connectivity index (χ2v) is 6.49. The smallest absolute Gasteiger partial charge is 0.239 e. The quantitative estimate of drug-likeness (QED) is 0.811. The predicted octanol–water partition coefficient (Wildman–Crippen LogP) is 2.17. The number of nitrogens with zero attached hydrogens (tertiary/aromatic N) is 1. The maximum atomic E-state index is 12.6. The highest BCUT2D eigenvalue weighted by Gasteiger charge is 2.34. The molecule has 1 saturated heterocycles. The Morgan fingerprint density at radius 1 is 0.944 bits per heavy atom. The van der Waals surface area contributed by atoms with Gasteiger partial charge in [-0.1, -0.05) is 12.8 Å². The molecule has 0 aromatic rings. The second kappa shape index (κ2) is 5.60. The van der Waals surface area contributed by atoms with Gasteiger partial charge in [0.25, 0.3) is 0 Å². The number of amides is 1. The van der Waals surface area contributed by atoms with Crippen molar-refractivity contribution < 1.29 is 4.79 Å². The monoisotopic (exact) mass is 250 g/mol. The van der Waals surface area contributed by atoms with Gasteiger partial charge in [-0.2, -0.15) is 0 Å². The molecule has 3 aliphatic rings. The largest absolute Gasteiger partial charge is 0.341 e. The normalized spacial score (nSPS) is 28.8. The number of nitrogens with one attached hydrogen (secondary N) is 1. The van der Waals surface area contributed by atoms with E-state index in [4.69, 9.17) is 0 Å². The molecule has 3 fully saturated rings. The van der Waals surface area contributed by atoms with Crippen LogP contribution in [0, 0.1) is 11.8 Å². The standard InChI is InChI=1S/C15H26N2O/c18-15(14-4-2-1-3-9-16-14)17(10-12-5-6-12)11-13-7-8-13/h12-14,16H,1-11H2. The Bertz CT molecular complexity index is 275. The highest BCUT2D eigenvalue weighted by atomic mass is 16.2. The molecule has 1 aliphatic heterocycles. The van der Waals surface area contributed by atoms with Gasteiger partial charge in [-0.25, -0.2) is 0 Å². The van der Waals surface area contributed by atoms with Crippen LogP contribution in [0.25, 0.3) is 0 Å². The predicted molar refractivity (Wildman–Crippen MR) is 72.3 cm³/mol. The lowest BCUT2D eigenvalue weighted by atomic mass is 10.1. The highest BCUT2D eigenvalue weighted by Crippen LogP contribution is 2.34. The third kappa shape index (κ3) is 3.47. The Labute approximate surface area is 110 Å². The average Bonchev–Trinajstić information content (AvgIpc) is 3.23. The van der Waals surface area contributed by atoms with Crippen LogP contribution >= 0.6 is 0 Å². The van der Waals surface area contributed by atoms with Crippen LogP contribution in [0.15, 0.2) is 0 Å². The van der Waals surface area contributed by atoms with E-state index >= 15 is 0 Å². The van der Waals surface area contributed by atoms with E-state index in [2.05, 4.69) is 10.2 Å². The van der Waals surface area contributed by atoms with Gasteiger partial charge in [-0.05, 0) is 56.9 Å². The Morgan fingerprint density at radius 2 is 1.61 bits per heavy atom. The van der Waals surface area contributed by atoms with Crippen molar-refractivity contribution in [3.8, 4) is 0 Å². The van der Waals surface area contributed by atoms with E-state index in [9.17, 15) is 4.79 Å². The molecule has 0 aromatic heterocycles. The number of carbonyl (C=O) groups excluding carboxylic acids is 1. The number of carbonyl (C=O) groups is 1. The van der Waals surface area contributed by atoms with Gasteiger partial charge in [-0.15, -0.1) is 0 Å². The van der Waals surface area contributed by atoms with Crippen LogP contribution in [-0.2, 0) is 4.79 Å². The average molecular weight is 250 g/mol. The number of hydrogen-bond donors (Lipinski definition) is 1. The third-order valence-corrected chi connectivity index (χ3v) is 4.52. The minimum Gasteiger partial charge on any atom is -0.341 e. The van der Waals surface area contributed by atoms with E-state index in [0.717, 1.165) is 37.9 Å². The molecule has 3 nitrogen and oxygen atoms in total. The van der Waals surface area contributed by atoms with Crippen molar-refractivity contribution >= 4 is 5.91 Å². The summed E-state index contributed by atoms with van der Waals surface area (Å²) in [6.45, 7) is 3.10. The van der Waals surface area contributed by atoms with Gasteiger partial charge in [0.15, 0.2) is 0 Å². The van der Waals surface area contributed by atoms with Crippen LogP contribution in [0.3, 0.4) is 0 Å². The van der Waals surface area contributed by atoms with Crippen molar-refractivity contribution in [3.05, 3.63) is 0 Å². The minimum absolute atomic E-state index is 0.116. The molecule has 0 spiro atoms. The zero-order valence-corrected chi connectivity index (χ0v) is 11.4. The maximum absolute atomic E-state index is 12.6. The van der Waals surface area contributed by atoms with Gasteiger partial charge in [0, 0.05) is 13.1 Å². The molecule has 3 heteroatoms. The molecular formula is C15H26N2O. The van der Waals surface area contributed by atoms with Crippen LogP contribution in [0.2, 0.25) is 0 Å². The molecular weight excluding hydrogens is 224 g/mol. The molecule has 1 unspecified atom stereocenters. The zero-order chi connectivity index (χ0) is 12.4. The molecule has 1 N–H and O–H groups in total. The van der Waals surface area contributed by atoms with Gasteiger partial charge in [0.05, 0.1) is 6.04 Å². The molecule has 102 valence electrons. The van der Waals surface area contributed by atoms with Crippen LogP contribution in [0.5, 0.6) is 0 Å². The van der Waals surface area contributed by atoms with E-state index in [-0.39, 0.29) is 6.04 Å². The summed E-state index contributed by atoms with van der Waals surface area (Å²) in [6.07, 6.45) is 10.1. The Balaban J connectivity index is 1.57. The van der Waals surface area contributed by atoms with E-state index < -0.39 is 0 Å². The lowest BCUT2D eigenvalue weighted by Gasteiger charge is -2.27. The molecule has 18 heavy (non-hydrogen) atoms. The van der Waals surface area contributed by atoms with Crippen molar-refractivity contribution in [2.75, 3.05) is 19.6 Å². The molecule has 1 atom stereocenters. The van der Waals surface area contributed by atoms with Gasteiger partial charge in [-0.3, -0.25) is 4.79 Å². The SMILES string of the molecule is O=C(C1CCCCCN1)N(CC1CC1)CC1CC1. The number of rotatable bonds is 5. The van der Waals surface area contributed by atoms with Gasteiger partial charge < -0.3 is 10.2 Å². The zero-order valence-electron chi connectivity index (χ0n) is 11.4. The van der Waals surface area contributed by atoms with Crippen molar-refractivity contribution in [1.29, 1.82) is 0 Å². The van der Waals surface area contributed by atoms with Gasteiger partial charge >= 0.3 is 0 Å². The first kappa shape index (κ1) is 12.5. The lowest BCUT2D eigenvalue weighted by Crippen LogP contribution is -2.47. The van der Waals surface area contributed by atoms with Crippen LogP contribution in [0.1, 0.15) is 51.4 Å². The summed E-state index contributed by atoms with van der Waals surface area (Å²) in [7, 11) is 0. The highest BCUT2D eigenvalue weighted by molar-refractivity contribution is 5.82. The molecule has 0 bridgehead atoms. The van der Waals surface area contributed by atoms with Gasteiger partial charge in [0.2, 0.25) is 5.91 Å². The Morgan fingerprint density at radius 3 is 2.22 bits per heavy atom. The van der Waals surface area contributed by atoms with Crippen LogP contribution in [-0.4, -0.2) is 36.5 Å².